The van der Waals surface area contributed by atoms with Gasteiger partial charge in [-0.25, -0.2) is 0 Å². The number of unbranched alkanes of at least 4 members (excludes halogenated alkanes) is 1. The minimum Gasteiger partial charge on any atom is -0.353 e. The molecule has 0 unspecified atom stereocenters. The standard InChI is InChI=1S/C19H17Cl2F3N2/c20-11-9-14-12(5-3-4-8-25)17(26-18(14)16(21)10-11)13-6-1-2-7-15(13)19(22,23)24/h1-2,6-7,9-10,26H,3-5,8,25H2. The number of halogens is 5. The lowest BCUT2D eigenvalue weighted by atomic mass is 9.97. The van der Waals surface area contributed by atoms with E-state index in [1.807, 2.05) is 0 Å². The van der Waals surface area contributed by atoms with Gasteiger partial charge in [-0.05, 0) is 49.6 Å². The summed E-state index contributed by atoms with van der Waals surface area (Å²) in [6.45, 7) is 0.526. The number of nitrogens with two attached hydrogens (primary N) is 1. The molecule has 2 aromatic carbocycles. The van der Waals surface area contributed by atoms with Crippen molar-refractivity contribution < 1.29 is 13.2 Å². The number of alkyl halides is 3. The first-order valence-corrected chi connectivity index (χ1v) is 8.94. The summed E-state index contributed by atoms with van der Waals surface area (Å²) in [5.74, 6) is 0. The molecular formula is C19H17Cl2F3N2. The summed E-state index contributed by atoms with van der Waals surface area (Å²) >= 11 is 12.4. The van der Waals surface area contributed by atoms with E-state index in [1.54, 1.807) is 18.2 Å². The normalized spacial score (nSPS) is 12.1. The molecule has 0 spiro atoms. The van der Waals surface area contributed by atoms with Crippen LogP contribution >= 0.6 is 23.2 Å². The maximum absolute atomic E-state index is 13.5. The molecule has 138 valence electrons. The van der Waals surface area contributed by atoms with Crippen molar-refractivity contribution in [2.24, 2.45) is 5.73 Å². The number of rotatable bonds is 5. The largest absolute Gasteiger partial charge is 0.417 e. The van der Waals surface area contributed by atoms with Crippen molar-refractivity contribution in [2.45, 2.75) is 25.4 Å². The zero-order valence-electron chi connectivity index (χ0n) is 13.8. The Kier molecular flexibility index (Phi) is 5.51. The van der Waals surface area contributed by atoms with E-state index in [4.69, 9.17) is 28.9 Å². The van der Waals surface area contributed by atoms with Gasteiger partial charge in [0.05, 0.1) is 21.8 Å². The lowest BCUT2D eigenvalue weighted by Crippen LogP contribution is -2.07. The van der Waals surface area contributed by atoms with Crippen molar-refractivity contribution >= 4 is 34.1 Å². The van der Waals surface area contributed by atoms with Crippen molar-refractivity contribution in [3.63, 3.8) is 0 Å². The maximum Gasteiger partial charge on any atom is 0.417 e. The zero-order valence-corrected chi connectivity index (χ0v) is 15.3. The summed E-state index contributed by atoms with van der Waals surface area (Å²) in [4.78, 5) is 3.09. The van der Waals surface area contributed by atoms with Crippen LogP contribution in [0.5, 0.6) is 0 Å². The lowest BCUT2D eigenvalue weighted by molar-refractivity contribution is -0.137. The minimum absolute atomic E-state index is 0.103. The van der Waals surface area contributed by atoms with Crippen LogP contribution in [-0.2, 0) is 12.6 Å². The molecule has 1 heterocycles. The number of benzene rings is 2. The SMILES string of the molecule is NCCCCc1c(-c2ccccc2C(F)(F)F)[nH]c2c(Cl)cc(Cl)cc12. The number of hydrogen-bond acceptors (Lipinski definition) is 1. The van der Waals surface area contributed by atoms with E-state index in [-0.39, 0.29) is 5.56 Å². The fourth-order valence-corrected chi connectivity index (χ4v) is 3.70. The lowest BCUT2D eigenvalue weighted by Gasteiger charge is -2.13. The molecule has 0 saturated carbocycles. The predicted octanol–water partition coefficient (Wildman–Crippen LogP) is 6.44. The second-order valence-corrected chi connectivity index (χ2v) is 6.92. The fraction of sp³-hybridized carbons (Fsp3) is 0.263. The molecule has 3 rings (SSSR count). The van der Waals surface area contributed by atoms with Crippen LogP contribution in [-0.4, -0.2) is 11.5 Å². The van der Waals surface area contributed by atoms with Crippen molar-refractivity contribution in [3.05, 3.63) is 57.6 Å². The van der Waals surface area contributed by atoms with Crippen LogP contribution in [0.25, 0.3) is 22.2 Å². The van der Waals surface area contributed by atoms with E-state index in [2.05, 4.69) is 4.98 Å². The Bertz CT molecular complexity index is 932. The quantitative estimate of drug-likeness (QED) is 0.475. The van der Waals surface area contributed by atoms with E-state index in [0.717, 1.165) is 29.9 Å². The van der Waals surface area contributed by atoms with Crippen LogP contribution in [0.1, 0.15) is 24.0 Å². The molecule has 3 aromatic rings. The third-order valence-corrected chi connectivity index (χ3v) is 4.83. The summed E-state index contributed by atoms with van der Waals surface area (Å²) in [5.41, 5.74) is 6.76. The molecule has 3 N–H and O–H groups in total. The Morgan fingerprint density at radius 2 is 1.77 bits per heavy atom. The Morgan fingerprint density at radius 1 is 1.04 bits per heavy atom. The average Bonchev–Trinajstić information content (AvgIpc) is 2.93. The number of H-pyrrole nitrogens is 1. The fourth-order valence-electron chi connectivity index (χ4n) is 3.16. The Morgan fingerprint density at radius 3 is 2.46 bits per heavy atom. The molecule has 0 radical (unpaired) electrons. The van der Waals surface area contributed by atoms with Crippen molar-refractivity contribution in [2.75, 3.05) is 6.54 Å². The maximum atomic E-state index is 13.5. The van der Waals surface area contributed by atoms with E-state index in [9.17, 15) is 13.2 Å². The van der Waals surface area contributed by atoms with E-state index in [0.29, 0.717) is 34.2 Å². The van der Waals surface area contributed by atoms with E-state index in [1.165, 1.54) is 12.1 Å². The highest BCUT2D eigenvalue weighted by Crippen LogP contribution is 2.41. The van der Waals surface area contributed by atoms with Gasteiger partial charge in [-0.1, -0.05) is 41.4 Å². The van der Waals surface area contributed by atoms with Gasteiger partial charge in [0.1, 0.15) is 0 Å². The van der Waals surface area contributed by atoms with Gasteiger partial charge in [-0.2, -0.15) is 13.2 Å². The molecule has 0 saturated heterocycles. The van der Waals surface area contributed by atoms with Crippen LogP contribution in [0.3, 0.4) is 0 Å². The zero-order chi connectivity index (χ0) is 18.9. The van der Waals surface area contributed by atoms with Gasteiger partial charge in [0, 0.05) is 16.0 Å². The number of nitrogens with one attached hydrogen (secondary N) is 1. The van der Waals surface area contributed by atoms with Gasteiger partial charge < -0.3 is 10.7 Å². The van der Waals surface area contributed by atoms with Crippen molar-refractivity contribution in [1.82, 2.24) is 4.98 Å². The van der Waals surface area contributed by atoms with Crippen LogP contribution in [0.2, 0.25) is 10.0 Å². The average molecular weight is 401 g/mol. The highest BCUT2D eigenvalue weighted by molar-refractivity contribution is 6.38. The highest BCUT2D eigenvalue weighted by atomic mass is 35.5. The third-order valence-electron chi connectivity index (χ3n) is 4.31. The molecule has 2 nitrogen and oxygen atoms in total. The van der Waals surface area contributed by atoms with Gasteiger partial charge >= 0.3 is 6.18 Å². The number of aryl methyl sites for hydroxylation is 1. The Hall–Kier alpha value is -1.69. The molecular weight excluding hydrogens is 384 g/mol. The monoisotopic (exact) mass is 400 g/mol. The van der Waals surface area contributed by atoms with Crippen LogP contribution in [0, 0.1) is 0 Å². The molecule has 0 bridgehead atoms. The van der Waals surface area contributed by atoms with Crippen LogP contribution in [0.15, 0.2) is 36.4 Å². The number of hydrogen-bond donors (Lipinski definition) is 2. The first kappa shape index (κ1) is 19.1. The number of aromatic amines is 1. The second-order valence-electron chi connectivity index (χ2n) is 6.08. The first-order valence-electron chi connectivity index (χ1n) is 8.19. The minimum atomic E-state index is -4.45. The summed E-state index contributed by atoms with van der Waals surface area (Å²) in [6.07, 6.45) is -2.34. The second kappa shape index (κ2) is 7.51. The highest BCUT2D eigenvalue weighted by Gasteiger charge is 2.34. The van der Waals surface area contributed by atoms with Crippen molar-refractivity contribution in [1.29, 1.82) is 0 Å². The number of fused-ring (bicyclic) bond motifs is 1. The van der Waals surface area contributed by atoms with Gasteiger partial charge in [0.15, 0.2) is 0 Å². The van der Waals surface area contributed by atoms with Gasteiger partial charge in [-0.15, -0.1) is 0 Å². The van der Waals surface area contributed by atoms with Gasteiger partial charge in [0.2, 0.25) is 0 Å². The first-order chi connectivity index (χ1) is 12.3. The molecule has 7 heteroatoms. The van der Waals surface area contributed by atoms with Crippen molar-refractivity contribution in [3.8, 4) is 11.3 Å². The third kappa shape index (κ3) is 3.70. The van der Waals surface area contributed by atoms with Gasteiger partial charge in [-0.3, -0.25) is 0 Å². The molecule has 0 amide bonds. The Balaban J connectivity index is 2.26. The van der Waals surface area contributed by atoms with Crippen LogP contribution in [0.4, 0.5) is 13.2 Å². The summed E-state index contributed by atoms with van der Waals surface area (Å²) in [7, 11) is 0. The molecule has 0 atom stereocenters. The molecule has 26 heavy (non-hydrogen) atoms. The summed E-state index contributed by atoms with van der Waals surface area (Å²) in [6, 6.07) is 8.83. The van der Waals surface area contributed by atoms with Crippen LogP contribution < -0.4 is 5.73 Å². The predicted molar refractivity (Wildman–Crippen MR) is 101 cm³/mol. The molecule has 0 fully saturated rings. The number of aromatic nitrogens is 1. The molecule has 0 aliphatic rings. The molecule has 0 aliphatic heterocycles. The van der Waals surface area contributed by atoms with E-state index >= 15 is 0 Å². The Labute approximate surface area is 159 Å². The van der Waals surface area contributed by atoms with E-state index < -0.39 is 11.7 Å². The topological polar surface area (TPSA) is 41.8 Å². The summed E-state index contributed by atoms with van der Waals surface area (Å²) < 4.78 is 40.5. The smallest absolute Gasteiger partial charge is 0.353 e. The summed E-state index contributed by atoms with van der Waals surface area (Å²) in [5, 5.41) is 1.56. The molecule has 1 aromatic heterocycles. The molecule has 0 aliphatic carbocycles. The van der Waals surface area contributed by atoms with Gasteiger partial charge in [0.25, 0.3) is 0 Å².